The molecule has 1 aliphatic heterocycles. The first kappa shape index (κ1) is 13.3. The van der Waals surface area contributed by atoms with E-state index < -0.39 is 0 Å². The molecule has 2 unspecified atom stereocenters. The van der Waals surface area contributed by atoms with E-state index in [2.05, 4.69) is 37.2 Å². The minimum Gasteiger partial charge on any atom is -0.309 e. The van der Waals surface area contributed by atoms with Crippen molar-refractivity contribution in [2.24, 2.45) is 5.92 Å². The summed E-state index contributed by atoms with van der Waals surface area (Å²) in [6.07, 6.45) is 3.42. The summed E-state index contributed by atoms with van der Waals surface area (Å²) in [4.78, 5) is 2.63. The minimum absolute atomic E-state index is 0.345. The average molecular weight is 230 g/mol. The Bertz CT molecular complexity index is 186. The second kappa shape index (κ2) is 6.12. The second-order valence-corrected chi connectivity index (χ2v) is 6.05. The average Bonchev–Trinajstić information content (AvgIpc) is 2.18. The summed E-state index contributed by atoms with van der Waals surface area (Å²) in [7, 11) is 0. The van der Waals surface area contributed by atoms with Crippen molar-refractivity contribution < 1.29 is 0 Å². The van der Waals surface area contributed by atoms with E-state index in [0.717, 1.165) is 12.5 Å². The molecule has 0 spiro atoms. The molecule has 1 heterocycles. The van der Waals surface area contributed by atoms with Crippen LogP contribution in [-0.2, 0) is 0 Å². The highest BCUT2D eigenvalue weighted by molar-refractivity contribution is 7.98. The molecule has 2 nitrogen and oxygen atoms in total. The zero-order valence-electron chi connectivity index (χ0n) is 10.7. The van der Waals surface area contributed by atoms with Gasteiger partial charge in [-0.25, -0.2) is 0 Å². The maximum atomic E-state index is 3.63. The van der Waals surface area contributed by atoms with Crippen molar-refractivity contribution in [2.75, 3.05) is 38.2 Å². The summed E-state index contributed by atoms with van der Waals surface area (Å²) in [5, 5.41) is 3.63. The first-order chi connectivity index (χ1) is 7.09. The van der Waals surface area contributed by atoms with Crippen LogP contribution in [0.2, 0.25) is 0 Å². The van der Waals surface area contributed by atoms with Gasteiger partial charge in [-0.15, -0.1) is 0 Å². The Hall–Kier alpha value is 0.270. The maximum absolute atomic E-state index is 3.63. The van der Waals surface area contributed by atoms with Gasteiger partial charge in [0.2, 0.25) is 0 Å². The molecule has 1 aliphatic rings. The highest BCUT2D eigenvalue weighted by Gasteiger charge is 2.28. The molecular formula is C12H26N2S. The van der Waals surface area contributed by atoms with E-state index in [-0.39, 0.29) is 0 Å². The number of nitrogens with zero attached hydrogens (tertiary/aromatic N) is 1. The minimum atomic E-state index is 0.345. The Morgan fingerprint density at radius 3 is 2.87 bits per heavy atom. The van der Waals surface area contributed by atoms with Crippen LogP contribution in [0.5, 0.6) is 0 Å². The van der Waals surface area contributed by atoms with Crippen molar-refractivity contribution in [2.45, 2.75) is 32.7 Å². The summed E-state index contributed by atoms with van der Waals surface area (Å²) < 4.78 is 0. The molecule has 0 aliphatic carbocycles. The normalized spacial score (nSPS) is 30.4. The molecule has 0 aromatic carbocycles. The fraction of sp³-hybridized carbons (Fsp3) is 1.00. The van der Waals surface area contributed by atoms with Crippen LogP contribution in [0.15, 0.2) is 0 Å². The van der Waals surface area contributed by atoms with Gasteiger partial charge < -0.3 is 5.32 Å². The van der Waals surface area contributed by atoms with Crippen molar-refractivity contribution in [1.82, 2.24) is 10.2 Å². The lowest BCUT2D eigenvalue weighted by Gasteiger charge is -2.42. The van der Waals surface area contributed by atoms with Crippen LogP contribution in [0.25, 0.3) is 0 Å². The monoisotopic (exact) mass is 230 g/mol. The summed E-state index contributed by atoms with van der Waals surface area (Å²) in [5.41, 5.74) is 0.345. The molecule has 0 saturated carbocycles. The molecule has 0 aromatic rings. The van der Waals surface area contributed by atoms with Crippen molar-refractivity contribution >= 4 is 11.8 Å². The third-order valence-electron chi connectivity index (χ3n) is 3.35. The molecule has 0 radical (unpaired) electrons. The predicted molar refractivity (Wildman–Crippen MR) is 70.7 cm³/mol. The Morgan fingerprint density at radius 1 is 1.53 bits per heavy atom. The highest BCUT2D eigenvalue weighted by Crippen LogP contribution is 2.17. The van der Waals surface area contributed by atoms with Gasteiger partial charge in [-0.3, -0.25) is 4.90 Å². The summed E-state index contributed by atoms with van der Waals surface area (Å²) in [6, 6.07) is 0. The number of rotatable bonds is 5. The van der Waals surface area contributed by atoms with Crippen LogP contribution >= 0.6 is 11.8 Å². The molecule has 90 valence electrons. The first-order valence-corrected chi connectivity index (χ1v) is 7.45. The molecule has 0 aromatic heterocycles. The number of nitrogens with one attached hydrogen (secondary N) is 1. The highest BCUT2D eigenvalue weighted by atomic mass is 32.2. The Labute approximate surface area is 99.2 Å². The van der Waals surface area contributed by atoms with Crippen molar-refractivity contribution in [3.05, 3.63) is 0 Å². The SMILES string of the molecule is CCC1(C)CN(CC(C)CSC)CCN1. The Balaban J connectivity index is 2.36. The number of hydrogen-bond acceptors (Lipinski definition) is 3. The standard InChI is InChI=1S/C12H26N2S/c1-5-12(3)10-14(7-6-13-12)8-11(2)9-15-4/h11,13H,5-10H2,1-4H3. The molecule has 2 atom stereocenters. The van der Waals surface area contributed by atoms with Gasteiger partial charge in [0.1, 0.15) is 0 Å². The molecule has 1 rings (SSSR count). The lowest BCUT2D eigenvalue weighted by molar-refractivity contribution is 0.128. The summed E-state index contributed by atoms with van der Waals surface area (Å²) in [5.74, 6) is 2.10. The Morgan fingerprint density at radius 2 is 2.27 bits per heavy atom. The van der Waals surface area contributed by atoms with Crippen molar-refractivity contribution in [1.29, 1.82) is 0 Å². The molecule has 0 bridgehead atoms. The van der Waals surface area contributed by atoms with E-state index in [9.17, 15) is 0 Å². The number of thioether (sulfide) groups is 1. The van der Waals surface area contributed by atoms with E-state index in [1.807, 2.05) is 11.8 Å². The fourth-order valence-electron chi connectivity index (χ4n) is 2.31. The molecule has 0 amide bonds. The zero-order chi connectivity index (χ0) is 11.3. The van der Waals surface area contributed by atoms with E-state index in [0.29, 0.717) is 5.54 Å². The molecule has 1 saturated heterocycles. The number of piperazine rings is 1. The van der Waals surface area contributed by atoms with E-state index >= 15 is 0 Å². The quantitative estimate of drug-likeness (QED) is 0.778. The summed E-state index contributed by atoms with van der Waals surface area (Å²) >= 11 is 1.96. The second-order valence-electron chi connectivity index (χ2n) is 5.14. The Kier molecular flexibility index (Phi) is 5.44. The third-order valence-corrected chi connectivity index (χ3v) is 4.26. The van der Waals surface area contributed by atoms with Crippen molar-refractivity contribution in [3.8, 4) is 0 Å². The fourth-order valence-corrected chi connectivity index (χ4v) is 2.99. The van der Waals surface area contributed by atoms with Crippen LogP contribution in [-0.4, -0.2) is 48.6 Å². The van der Waals surface area contributed by atoms with Crippen LogP contribution in [0.3, 0.4) is 0 Å². The van der Waals surface area contributed by atoms with Gasteiger partial charge in [-0.2, -0.15) is 11.8 Å². The van der Waals surface area contributed by atoms with Crippen molar-refractivity contribution in [3.63, 3.8) is 0 Å². The van der Waals surface area contributed by atoms with Crippen LogP contribution in [0.4, 0.5) is 0 Å². The lowest BCUT2D eigenvalue weighted by Crippen LogP contribution is -2.59. The van der Waals surface area contributed by atoms with Gasteiger partial charge >= 0.3 is 0 Å². The van der Waals surface area contributed by atoms with Crippen LogP contribution in [0, 0.1) is 5.92 Å². The van der Waals surface area contributed by atoms with Gasteiger partial charge in [0.15, 0.2) is 0 Å². The molecule has 1 fully saturated rings. The molecular weight excluding hydrogens is 204 g/mol. The zero-order valence-corrected chi connectivity index (χ0v) is 11.5. The van der Waals surface area contributed by atoms with Gasteiger partial charge in [-0.1, -0.05) is 13.8 Å². The summed E-state index contributed by atoms with van der Waals surface area (Å²) in [6.45, 7) is 11.8. The molecule has 3 heteroatoms. The lowest BCUT2D eigenvalue weighted by atomic mass is 9.95. The van der Waals surface area contributed by atoms with Crippen LogP contribution < -0.4 is 5.32 Å². The van der Waals surface area contributed by atoms with E-state index in [1.54, 1.807) is 0 Å². The first-order valence-electron chi connectivity index (χ1n) is 6.06. The van der Waals surface area contributed by atoms with Gasteiger partial charge in [0, 0.05) is 31.7 Å². The van der Waals surface area contributed by atoms with E-state index in [4.69, 9.17) is 0 Å². The topological polar surface area (TPSA) is 15.3 Å². The van der Waals surface area contributed by atoms with Gasteiger partial charge in [0.25, 0.3) is 0 Å². The predicted octanol–water partition coefficient (Wildman–Crippen LogP) is 2.06. The van der Waals surface area contributed by atoms with Gasteiger partial charge in [0.05, 0.1) is 0 Å². The third kappa shape index (κ3) is 4.33. The molecule has 15 heavy (non-hydrogen) atoms. The number of hydrogen-bond donors (Lipinski definition) is 1. The largest absolute Gasteiger partial charge is 0.309 e. The van der Waals surface area contributed by atoms with Gasteiger partial charge in [-0.05, 0) is 31.3 Å². The van der Waals surface area contributed by atoms with Crippen LogP contribution in [0.1, 0.15) is 27.2 Å². The smallest absolute Gasteiger partial charge is 0.0278 e. The van der Waals surface area contributed by atoms with E-state index in [1.165, 1.54) is 31.8 Å². The maximum Gasteiger partial charge on any atom is 0.0278 e. The molecule has 1 N–H and O–H groups in total.